The molecule has 0 radical (unpaired) electrons. The van der Waals surface area contributed by atoms with Crippen LogP contribution in [0.5, 0.6) is 0 Å². The largest absolute Gasteiger partial charge is 0.339 e. The number of benzene rings is 2. The van der Waals surface area contributed by atoms with E-state index in [2.05, 4.69) is 25.4 Å². The molecule has 0 fully saturated rings. The first-order chi connectivity index (χ1) is 12.7. The number of aromatic amines is 2. The van der Waals surface area contributed by atoms with Crippen molar-refractivity contribution in [3.63, 3.8) is 0 Å². The molecule has 0 saturated heterocycles. The predicted octanol–water partition coefficient (Wildman–Crippen LogP) is 2.48. The van der Waals surface area contributed by atoms with Gasteiger partial charge in [0.15, 0.2) is 0 Å². The van der Waals surface area contributed by atoms with E-state index >= 15 is 0 Å². The molecule has 0 saturated carbocycles. The van der Waals surface area contributed by atoms with E-state index in [0.717, 1.165) is 5.56 Å². The number of carbonyl (C=O) groups excluding carboxylic acids is 1. The smallest absolute Gasteiger partial charge is 0.323 e. The first-order valence-electron chi connectivity index (χ1n) is 8.07. The van der Waals surface area contributed by atoms with Crippen molar-refractivity contribution in [2.45, 2.75) is 12.8 Å². The van der Waals surface area contributed by atoms with Crippen molar-refractivity contribution in [3.05, 3.63) is 64.9 Å². The third-order valence-corrected chi connectivity index (χ3v) is 3.87. The summed E-state index contributed by atoms with van der Waals surface area (Å²) in [5, 5.41) is 6.72. The lowest BCUT2D eigenvalue weighted by Crippen LogP contribution is -2.12. The van der Waals surface area contributed by atoms with E-state index in [-0.39, 0.29) is 18.0 Å². The van der Waals surface area contributed by atoms with Crippen molar-refractivity contribution >= 4 is 22.6 Å². The van der Waals surface area contributed by atoms with Gasteiger partial charge in [-0.25, -0.2) is 4.79 Å². The maximum Gasteiger partial charge on any atom is 0.323 e. The molecule has 0 aliphatic rings. The summed E-state index contributed by atoms with van der Waals surface area (Å²) < 4.78 is 5.20. The van der Waals surface area contributed by atoms with Crippen molar-refractivity contribution < 1.29 is 9.32 Å². The summed E-state index contributed by atoms with van der Waals surface area (Å²) in [6.07, 6.45) is 0.549. The topological polar surface area (TPSA) is 117 Å². The van der Waals surface area contributed by atoms with Gasteiger partial charge in [-0.1, -0.05) is 35.5 Å². The number of anilines is 1. The number of fused-ring (bicyclic) bond motifs is 1. The number of H-pyrrole nitrogens is 2. The van der Waals surface area contributed by atoms with Gasteiger partial charge in [-0.15, -0.1) is 0 Å². The van der Waals surface area contributed by atoms with E-state index in [1.54, 1.807) is 18.2 Å². The number of hydrogen-bond acceptors (Lipinski definition) is 5. The Morgan fingerprint density at radius 1 is 1.08 bits per heavy atom. The Bertz CT molecular complexity index is 1110. The van der Waals surface area contributed by atoms with Crippen molar-refractivity contribution in [1.82, 2.24) is 20.1 Å². The standard InChI is InChI=1S/C18H15N5O3/c24-15(19-12-6-7-13-14(10-12)21-18(25)20-13)8-9-16-22-17(23-26-16)11-4-2-1-3-5-11/h1-7,10H,8-9H2,(H,19,24)(H2,20,21,25). The molecule has 8 nitrogen and oxygen atoms in total. The fourth-order valence-corrected chi connectivity index (χ4v) is 2.62. The summed E-state index contributed by atoms with van der Waals surface area (Å²) in [5.41, 5.74) is 2.51. The molecule has 0 atom stereocenters. The number of hydrogen-bond donors (Lipinski definition) is 3. The van der Waals surface area contributed by atoms with Gasteiger partial charge in [-0.05, 0) is 18.2 Å². The highest BCUT2D eigenvalue weighted by Gasteiger charge is 2.11. The van der Waals surface area contributed by atoms with Gasteiger partial charge in [0.2, 0.25) is 17.6 Å². The third-order valence-electron chi connectivity index (χ3n) is 3.87. The Kier molecular flexibility index (Phi) is 4.06. The zero-order valence-corrected chi connectivity index (χ0v) is 13.7. The molecular formula is C18H15N5O3. The van der Waals surface area contributed by atoms with E-state index < -0.39 is 0 Å². The Morgan fingerprint density at radius 2 is 1.88 bits per heavy atom. The summed E-state index contributed by atoms with van der Waals surface area (Å²) in [5.74, 6) is 0.731. The number of carbonyl (C=O) groups is 1. The first kappa shape index (κ1) is 15.8. The van der Waals surface area contributed by atoms with E-state index in [4.69, 9.17) is 4.52 Å². The summed E-state index contributed by atoms with van der Waals surface area (Å²) in [7, 11) is 0. The second-order valence-electron chi connectivity index (χ2n) is 5.77. The van der Waals surface area contributed by atoms with Gasteiger partial charge in [0.1, 0.15) is 0 Å². The molecule has 2 aromatic carbocycles. The molecule has 8 heteroatoms. The zero-order chi connectivity index (χ0) is 17.9. The Hall–Kier alpha value is -3.68. The molecule has 0 aliphatic heterocycles. The lowest BCUT2D eigenvalue weighted by atomic mass is 10.2. The summed E-state index contributed by atoms with van der Waals surface area (Å²) >= 11 is 0. The first-order valence-corrected chi connectivity index (χ1v) is 8.07. The predicted molar refractivity (Wildman–Crippen MR) is 95.6 cm³/mol. The zero-order valence-electron chi connectivity index (χ0n) is 13.7. The summed E-state index contributed by atoms with van der Waals surface area (Å²) in [6, 6.07) is 14.6. The number of imidazole rings is 1. The van der Waals surface area contributed by atoms with Gasteiger partial charge >= 0.3 is 5.69 Å². The van der Waals surface area contributed by atoms with E-state index in [0.29, 0.717) is 34.9 Å². The third kappa shape index (κ3) is 3.39. The van der Waals surface area contributed by atoms with Crippen LogP contribution in [0.2, 0.25) is 0 Å². The monoisotopic (exact) mass is 349 g/mol. The molecule has 26 heavy (non-hydrogen) atoms. The molecule has 3 N–H and O–H groups in total. The summed E-state index contributed by atoms with van der Waals surface area (Å²) in [4.78, 5) is 33.0. The highest BCUT2D eigenvalue weighted by atomic mass is 16.5. The minimum Gasteiger partial charge on any atom is -0.339 e. The maximum atomic E-state index is 12.1. The number of nitrogens with zero attached hydrogens (tertiary/aromatic N) is 2. The maximum absolute atomic E-state index is 12.1. The second-order valence-corrected chi connectivity index (χ2v) is 5.77. The van der Waals surface area contributed by atoms with Crippen molar-refractivity contribution in [2.75, 3.05) is 5.32 Å². The molecule has 4 aromatic rings. The average molecular weight is 349 g/mol. The molecule has 130 valence electrons. The molecule has 1 amide bonds. The number of rotatable bonds is 5. The van der Waals surface area contributed by atoms with Crippen LogP contribution in [0.4, 0.5) is 5.69 Å². The Morgan fingerprint density at radius 3 is 2.73 bits per heavy atom. The average Bonchev–Trinajstić information content (AvgIpc) is 3.26. The van der Waals surface area contributed by atoms with Gasteiger partial charge in [0.05, 0.1) is 11.0 Å². The summed E-state index contributed by atoms with van der Waals surface area (Å²) in [6.45, 7) is 0. The second kappa shape index (κ2) is 6.67. The Balaban J connectivity index is 1.37. The minimum atomic E-state index is -0.283. The van der Waals surface area contributed by atoms with E-state index in [1.165, 1.54) is 0 Å². The van der Waals surface area contributed by atoms with Crippen LogP contribution in [-0.4, -0.2) is 26.0 Å². The fraction of sp³-hybridized carbons (Fsp3) is 0.111. The van der Waals surface area contributed by atoms with Gasteiger partial charge in [-0.2, -0.15) is 4.98 Å². The fourth-order valence-electron chi connectivity index (χ4n) is 2.62. The molecule has 0 unspecified atom stereocenters. The van der Waals surface area contributed by atoms with Crippen molar-refractivity contribution in [2.24, 2.45) is 0 Å². The van der Waals surface area contributed by atoms with Crippen LogP contribution in [0.3, 0.4) is 0 Å². The SMILES string of the molecule is O=C(CCc1nc(-c2ccccc2)no1)Nc1ccc2[nH]c(=O)[nH]c2c1. The number of aromatic nitrogens is 4. The van der Waals surface area contributed by atoms with Crippen LogP contribution in [0.1, 0.15) is 12.3 Å². The number of amides is 1. The molecule has 0 aliphatic carbocycles. The molecule has 2 aromatic heterocycles. The van der Waals surface area contributed by atoms with E-state index in [9.17, 15) is 9.59 Å². The molecule has 4 rings (SSSR count). The highest BCUT2D eigenvalue weighted by Crippen LogP contribution is 2.17. The van der Waals surface area contributed by atoms with Crippen LogP contribution in [0, 0.1) is 0 Å². The molecule has 0 spiro atoms. The van der Waals surface area contributed by atoms with Crippen LogP contribution in [0.25, 0.3) is 22.4 Å². The number of aryl methyl sites for hydroxylation is 1. The minimum absolute atomic E-state index is 0.179. The van der Waals surface area contributed by atoms with Crippen molar-refractivity contribution in [3.8, 4) is 11.4 Å². The Labute approximate surface area is 147 Å². The van der Waals surface area contributed by atoms with Gasteiger partial charge in [0.25, 0.3) is 0 Å². The lowest BCUT2D eigenvalue weighted by Gasteiger charge is -2.04. The van der Waals surface area contributed by atoms with Crippen LogP contribution < -0.4 is 11.0 Å². The number of nitrogens with one attached hydrogen (secondary N) is 3. The van der Waals surface area contributed by atoms with Gasteiger partial charge < -0.3 is 19.8 Å². The van der Waals surface area contributed by atoms with Crippen molar-refractivity contribution in [1.29, 1.82) is 0 Å². The van der Waals surface area contributed by atoms with E-state index in [1.807, 2.05) is 30.3 Å². The van der Waals surface area contributed by atoms with Gasteiger partial charge in [-0.3, -0.25) is 4.79 Å². The molecular weight excluding hydrogens is 334 g/mol. The van der Waals surface area contributed by atoms with Gasteiger partial charge in [0, 0.05) is 24.1 Å². The van der Waals surface area contributed by atoms with Crippen LogP contribution in [0.15, 0.2) is 57.8 Å². The van der Waals surface area contributed by atoms with Crippen LogP contribution in [-0.2, 0) is 11.2 Å². The normalized spacial score (nSPS) is 10.9. The molecule has 0 bridgehead atoms. The quantitative estimate of drug-likeness (QED) is 0.512. The highest BCUT2D eigenvalue weighted by molar-refractivity contribution is 5.93. The van der Waals surface area contributed by atoms with Crippen LogP contribution >= 0.6 is 0 Å². The lowest BCUT2D eigenvalue weighted by molar-refractivity contribution is -0.116. The molecule has 2 heterocycles.